The van der Waals surface area contributed by atoms with Gasteiger partial charge in [-0.1, -0.05) is 53.7 Å². The van der Waals surface area contributed by atoms with Crippen molar-refractivity contribution in [2.45, 2.75) is 67.0 Å². The van der Waals surface area contributed by atoms with Crippen molar-refractivity contribution in [3.8, 4) is 0 Å². The minimum atomic E-state index is -0.649. The van der Waals surface area contributed by atoms with Crippen molar-refractivity contribution in [1.29, 1.82) is 0 Å². The fraction of sp³-hybridized carbons (Fsp3) is 0.520. The molecular weight excluding hydrogens is 406 g/mol. The van der Waals surface area contributed by atoms with Crippen LogP contribution in [0.4, 0.5) is 0 Å². The van der Waals surface area contributed by atoms with E-state index in [0.29, 0.717) is 24.0 Å². The van der Waals surface area contributed by atoms with E-state index in [0.717, 1.165) is 11.1 Å². The van der Waals surface area contributed by atoms with Gasteiger partial charge in [-0.25, -0.2) is 9.89 Å². The summed E-state index contributed by atoms with van der Waals surface area (Å²) in [5, 5.41) is 0. The van der Waals surface area contributed by atoms with Gasteiger partial charge in [0.25, 0.3) is 0 Å². The summed E-state index contributed by atoms with van der Waals surface area (Å²) in [4.78, 5) is 35.1. The molecule has 3 aliphatic heterocycles. The molecular formula is C25H33N3O4. The highest BCUT2D eigenvalue weighted by atomic mass is 16.5. The summed E-state index contributed by atoms with van der Waals surface area (Å²) in [6.07, 6.45) is 9.75. The Bertz CT molecular complexity index is 966. The van der Waals surface area contributed by atoms with Crippen LogP contribution in [0.3, 0.4) is 0 Å². The Kier molecular flexibility index (Phi) is 6.58. The van der Waals surface area contributed by atoms with Crippen molar-refractivity contribution in [1.82, 2.24) is 4.90 Å². The molecule has 0 radical (unpaired) electrons. The summed E-state index contributed by atoms with van der Waals surface area (Å²) in [6, 6.07) is 0. The third-order valence-corrected chi connectivity index (χ3v) is 5.48. The van der Waals surface area contributed by atoms with E-state index in [9.17, 15) is 9.59 Å². The van der Waals surface area contributed by atoms with Crippen LogP contribution in [-0.2, 0) is 19.1 Å². The summed E-state index contributed by atoms with van der Waals surface area (Å²) in [5.41, 5.74) is 1.74. The number of amides is 2. The Morgan fingerprint density at radius 3 is 2.16 bits per heavy atom. The topological polar surface area (TPSA) is 80.6 Å². The van der Waals surface area contributed by atoms with E-state index in [1.807, 2.05) is 30.4 Å². The molecule has 0 saturated carbocycles. The summed E-state index contributed by atoms with van der Waals surface area (Å²) < 4.78 is 11.6. The number of carbonyl (C=O) groups excluding carboxylic acids is 2. The Morgan fingerprint density at radius 1 is 0.969 bits per heavy atom. The molecule has 3 aliphatic rings. The third-order valence-electron chi connectivity index (χ3n) is 5.48. The second kappa shape index (κ2) is 8.88. The molecule has 1 unspecified atom stereocenters. The molecule has 7 nitrogen and oxygen atoms in total. The first-order valence-corrected chi connectivity index (χ1v) is 10.9. The van der Waals surface area contributed by atoms with Gasteiger partial charge in [-0.2, -0.15) is 4.99 Å². The molecule has 32 heavy (non-hydrogen) atoms. The second-order valence-corrected chi connectivity index (χ2v) is 10.1. The van der Waals surface area contributed by atoms with Crippen LogP contribution in [0.25, 0.3) is 0 Å². The lowest BCUT2D eigenvalue weighted by Crippen LogP contribution is -2.28. The molecule has 1 saturated heterocycles. The molecule has 3 heterocycles. The number of nitrogens with zero attached hydrogens (tertiary/aromatic N) is 3. The maximum Gasteiger partial charge on any atom is 0.235 e. The van der Waals surface area contributed by atoms with Gasteiger partial charge in [0.1, 0.15) is 5.82 Å². The van der Waals surface area contributed by atoms with Crippen LogP contribution < -0.4 is 0 Å². The van der Waals surface area contributed by atoms with Crippen LogP contribution in [0.2, 0.25) is 0 Å². The van der Waals surface area contributed by atoms with E-state index in [1.165, 1.54) is 4.90 Å². The number of hydrogen-bond donors (Lipinski definition) is 0. The first-order valence-electron chi connectivity index (χ1n) is 10.9. The number of hydrogen-bond acceptors (Lipinski definition) is 6. The molecule has 0 bridgehead atoms. The quantitative estimate of drug-likeness (QED) is 0.585. The predicted molar refractivity (Wildman–Crippen MR) is 125 cm³/mol. The van der Waals surface area contributed by atoms with Gasteiger partial charge in [-0.3, -0.25) is 9.59 Å². The number of ether oxygens (including phenoxy) is 2. The van der Waals surface area contributed by atoms with E-state index in [1.54, 1.807) is 7.11 Å². The van der Waals surface area contributed by atoms with Gasteiger partial charge in [-0.05, 0) is 34.1 Å². The van der Waals surface area contributed by atoms with Gasteiger partial charge in [0.05, 0.1) is 7.11 Å². The second-order valence-electron chi connectivity index (χ2n) is 10.1. The average molecular weight is 440 g/mol. The zero-order valence-corrected chi connectivity index (χ0v) is 20.1. The highest BCUT2D eigenvalue weighted by molar-refractivity contribution is 6.04. The first-order chi connectivity index (χ1) is 14.9. The summed E-state index contributed by atoms with van der Waals surface area (Å²) in [7, 11) is 1.56. The zero-order valence-electron chi connectivity index (χ0n) is 20.1. The lowest BCUT2D eigenvalue weighted by Gasteiger charge is -2.22. The normalized spacial score (nSPS) is 22.4. The standard InChI is InChI=1S/C25H33N3O4/c1-24(2,3)16-9-11-20(26-18(14-16)28-22(29)12-13-23(28)30)32-21-15-17(25(4,5)6)8-10-19(27-21)31-7/h8-10,14-15,21H,11-13H2,1-7H3. The lowest BCUT2D eigenvalue weighted by atomic mass is 9.85. The number of carbonyl (C=O) groups is 2. The molecule has 3 rings (SSSR count). The van der Waals surface area contributed by atoms with Crippen molar-refractivity contribution in [3.05, 3.63) is 47.3 Å². The van der Waals surface area contributed by atoms with Crippen molar-refractivity contribution < 1.29 is 19.1 Å². The van der Waals surface area contributed by atoms with Crippen molar-refractivity contribution in [3.63, 3.8) is 0 Å². The Hall–Kier alpha value is -2.96. The minimum absolute atomic E-state index is 0.110. The van der Waals surface area contributed by atoms with Crippen LogP contribution in [0.5, 0.6) is 0 Å². The first kappa shape index (κ1) is 23.7. The predicted octanol–water partition coefficient (Wildman–Crippen LogP) is 4.68. The van der Waals surface area contributed by atoms with Gasteiger partial charge >= 0.3 is 0 Å². The van der Waals surface area contributed by atoms with Gasteiger partial charge in [0.15, 0.2) is 5.90 Å². The smallest absolute Gasteiger partial charge is 0.235 e. The molecule has 1 atom stereocenters. The lowest BCUT2D eigenvalue weighted by molar-refractivity contribution is -0.135. The number of methoxy groups -OCH3 is 1. The SMILES string of the molecule is COC1=NC(OC2=NC(N3C(=O)CCC3=O)=CC(C(C)(C)C)=CC2)C=C(C(C)(C)C)C=C1. The molecule has 0 N–H and O–H groups in total. The zero-order chi connectivity index (χ0) is 23.7. The van der Waals surface area contributed by atoms with Gasteiger partial charge < -0.3 is 9.47 Å². The number of likely N-dealkylation sites (tertiary alicyclic amines) is 1. The fourth-order valence-electron chi connectivity index (χ4n) is 3.54. The summed E-state index contributed by atoms with van der Waals surface area (Å²) in [5.74, 6) is 0.652. The number of rotatable bonds is 2. The summed E-state index contributed by atoms with van der Waals surface area (Å²) in [6.45, 7) is 12.6. The van der Waals surface area contributed by atoms with E-state index in [2.05, 4.69) is 51.5 Å². The van der Waals surface area contributed by atoms with Crippen LogP contribution in [0, 0.1) is 10.8 Å². The molecule has 0 spiro atoms. The fourth-order valence-corrected chi connectivity index (χ4v) is 3.54. The molecule has 2 amide bonds. The maximum absolute atomic E-state index is 12.4. The Morgan fingerprint density at radius 2 is 1.59 bits per heavy atom. The van der Waals surface area contributed by atoms with Crippen LogP contribution in [-0.4, -0.2) is 41.8 Å². The van der Waals surface area contributed by atoms with Crippen LogP contribution >= 0.6 is 0 Å². The highest BCUT2D eigenvalue weighted by Gasteiger charge is 2.34. The molecule has 0 aromatic rings. The van der Waals surface area contributed by atoms with Crippen molar-refractivity contribution in [2.24, 2.45) is 20.8 Å². The highest BCUT2D eigenvalue weighted by Crippen LogP contribution is 2.33. The maximum atomic E-state index is 12.4. The molecule has 1 fully saturated rings. The molecule has 0 aliphatic carbocycles. The number of imide groups is 1. The van der Waals surface area contributed by atoms with Crippen molar-refractivity contribution >= 4 is 23.6 Å². The molecule has 0 aromatic heterocycles. The van der Waals surface area contributed by atoms with Gasteiger partial charge in [-0.15, -0.1) is 0 Å². The number of aliphatic imine (C=N–C) groups is 2. The van der Waals surface area contributed by atoms with Gasteiger partial charge in [0.2, 0.25) is 23.9 Å². The monoisotopic (exact) mass is 439 g/mol. The van der Waals surface area contributed by atoms with Crippen LogP contribution in [0.1, 0.15) is 60.8 Å². The molecule has 172 valence electrons. The number of allylic oxidation sites excluding steroid dienone is 4. The minimum Gasteiger partial charge on any atom is -0.481 e. The van der Waals surface area contributed by atoms with Crippen molar-refractivity contribution in [2.75, 3.05) is 7.11 Å². The largest absolute Gasteiger partial charge is 0.481 e. The van der Waals surface area contributed by atoms with Gasteiger partial charge in [0, 0.05) is 25.3 Å². The van der Waals surface area contributed by atoms with Crippen LogP contribution in [0.15, 0.2) is 57.3 Å². The van der Waals surface area contributed by atoms with E-state index >= 15 is 0 Å². The molecule has 7 heteroatoms. The van der Waals surface area contributed by atoms with E-state index < -0.39 is 6.23 Å². The van der Waals surface area contributed by atoms with E-state index in [-0.39, 0.29) is 35.5 Å². The summed E-state index contributed by atoms with van der Waals surface area (Å²) >= 11 is 0. The van der Waals surface area contributed by atoms with E-state index in [4.69, 9.17) is 9.47 Å². The third kappa shape index (κ3) is 5.44. The Balaban J connectivity index is 1.99. The average Bonchev–Trinajstić information content (AvgIpc) is 2.87. The molecule has 0 aromatic carbocycles. The Labute approximate surface area is 190 Å².